The SMILES string of the molecule is CCCCOCCOC1CC(N)C12CCCC2. The van der Waals surface area contributed by atoms with Gasteiger partial charge in [0.15, 0.2) is 0 Å². The van der Waals surface area contributed by atoms with Crippen molar-refractivity contribution in [2.75, 3.05) is 19.8 Å². The van der Waals surface area contributed by atoms with E-state index in [0.29, 0.717) is 17.6 Å². The molecule has 2 N–H and O–H groups in total. The maximum atomic E-state index is 6.17. The summed E-state index contributed by atoms with van der Waals surface area (Å²) in [7, 11) is 0. The van der Waals surface area contributed by atoms with Gasteiger partial charge in [-0.25, -0.2) is 0 Å². The molecule has 2 rings (SSSR count). The number of hydrogen-bond donors (Lipinski definition) is 1. The van der Waals surface area contributed by atoms with Crippen LogP contribution in [0.1, 0.15) is 51.9 Å². The highest BCUT2D eigenvalue weighted by Crippen LogP contribution is 2.53. The molecule has 0 heterocycles. The standard InChI is InChI=1S/C14H27NO2/c1-2-3-8-16-9-10-17-13-11-12(15)14(13)6-4-5-7-14/h12-13H,2-11,15H2,1H3. The van der Waals surface area contributed by atoms with Gasteiger partial charge in [0.2, 0.25) is 0 Å². The lowest BCUT2D eigenvalue weighted by atomic mass is 9.61. The quantitative estimate of drug-likeness (QED) is 0.696. The van der Waals surface area contributed by atoms with Crippen LogP contribution in [0.4, 0.5) is 0 Å². The third kappa shape index (κ3) is 2.83. The third-order valence-corrected chi connectivity index (χ3v) is 4.57. The van der Waals surface area contributed by atoms with E-state index in [0.717, 1.165) is 32.7 Å². The highest BCUT2D eigenvalue weighted by Gasteiger charge is 2.54. The van der Waals surface area contributed by atoms with Crippen molar-refractivity contribution < 1.29 is 9.47 Å². The van der Waals surface area contributed by atoms with E-state index < -0.39 is 0 Å². The van der Waals surface area contributed by atoms with E-state index in [1.165, 1.54) is 32.1 Å². The van der Waals surface area contributed by atoms with Crippen LogP contribution in [0.15, 0.2) is 0 Å². The highest BCUT2D eigenvalue weighted by molar-refractivity contribution is 5.08. The van der Waals surface area contributed by atoms with E-state index in [-0.39, 0.29) is 0 Å². The number of unbranched alkanes of at least 4 members (excludes halogenated alkanes) is 1. The summed E-state index contributed by atoms with van der Waals surface area (Å²) in [5.41, 5.74) is 6.50. The van der Waals surface area contributed by atoms with E-state index in [9.17, 15) is 0 Å². The predicted octanol–water partition coefficient (Wildman–Crippen LogP) is 2.48. The first-order valence-corrected chi connectivity index (χ1v) is 7.24. The number of hydrogen-bond acceptors (Lipinski definition) is 3. The summed E-state index contributed by atoms with van der Waals surface area (Å²) in [5, 5.41) is 0. The second-order valence-corrected chi connectivity index (χ2v) is 5.61. The second kappa shape index (κ2) is 6.17. The van der Waals surface area contributed by atoms with E-state index in [4.69, 9.17) is 15.2 Å². The Bertz CT molecular complexity index is 226. The van der Waals surface area contributed by atoms with Gasteiger partial charge in [0, 0.05) is 18.1 Å². The third-order valence-electron chi connectivity index (χ3n) is 4.57. The van der Waals surface area contributed by atoms with Crippen LogP contribution in [-0.2, 0) is 9.47 Å². The summed E-state index contributed by atoms with van der Waals surface area (Å²) in [6, 6.07) is 0.385. The van der Waals surface area contributed by atoms with Crippen molar-refractivity contribution in [3.8, 4) is 0 Å². The number of rotatable bonds is 7. The molecule has 0 saturated heterocycles. The molecule has 0 aromatic rings. The van der Waals surface area contributed by atoms with Crippen LogP contribution in [-0.4, -0.2) is 32.0 Å². The van der Waals surface area contributed by atoms with Crippen molar-refractivity contribution in [2.24, 2.45) is 11.1 Å². The largest absolute Gasteiger partial charge is 0.379 e. The molecule has 17 heavy (non-hydrogen) atoms. The van der Waals surface area contributed by atoms with Crippen LogP contribution in [0.5, 0.6) is 0 Å². The number of ether oxygens (including phenoxy) is 2. The molecule has 1 spiro atoms. The molecule has 3 heteroatoms. The Morgan fingerprint density at radius 2 is 1.94 bits per heavy atom. The Kier molecular flexibility index (Phi) is 4.83. The lowest BCUT2D eigenvalue weighted by Crippen LogP contribution is -2.61. The zero-order valence-electron chi connectivity index (χ0n) is 11.1. The molecule has 0 aromatic heterocycles. The molecule has 0 aliphatic heterocycles. The number of nitrogens with two attached hydrogens (primary N) is 1. The average Bonchev–Trinajstić information content (AvgIpc) is 2.84. The minimum absolute atomic E-state index is 0.337. The molecule has 0 bridgehead atoms. The minimum atomic E-state index is 0.337. The van der Waals surface area contributed by atoms with Gasteiger partial charge in [-0.2, -0.15) is 0 Å². The van der Waals surface area contributed by atoms with Crippen molar-refractivity contribution in [3.63, 3.8) is 0 Å². The molecule has 0 amide bonds. The van der Waals surface area contributed by atoms with Crippen LogP contribution in [0.3, 0.4) is 0 Å². The van der Waals surface area contributed by atoms with Crippen LogP contribution in [0.25, 0.3) is 0 Å². The van der Waals surface area contributed by atoms with Gasteiger partial charge in [0.1, 0.15) is 0 Å². The molecular formula is C14H27NO2. The molecule has 2 aliphatic rings. The molecular weight excluding hydrogens is 214 g/mol. The zero-order valence-corrected chi connectivity index (χ0v) is 11.1. The van der Waals surface area contributed by atoms with Gasteiger partial charge in [0.05, 0.1) is 19.3 Å². The fourth-order valence-electron chi connectivity index (χ4n) is 3.34. The van der Waals surface area contributed by atoms with Crippen molar-refractivity contribution in [1.82, 2.24) is 0 Å². The van der Waals surface area contributed by atoms with Gasteiger partial charge >= 0.3 is 0 Å². The van der Waals surface area contributed by atoms with E-state index in [1.807, 2.05) is 0 Å². The van der Waals surface area contributed by atoms with Gasteiger partial charge in [-0.3, -0.25) is 0 Å². The summed E-state index contributed by atoms with van der Waals surface area (Å²) in [6.45, 7) is 4.53. The molecule has 3 nitrogen and oxygen atoms in total. The maximum absolute atomic E-state index is 6.17. The first-order valence-electron chi connectivity index (χ1n) is 7.24. The summed E-state index contributed by atoms with van der Waals surface area (Å²) in [4.78, 5) is 0. The van der Waals surface area contributed by atoms with Crippen molar-refractivity contribution >= 4 is 0 Å². The molecule has 2 fully saturated rings. The molecule has 0 aromatic carbocycles. The Morgan fingerprint density at radius 1 is 1.18 bits per heavy atom. The molecule has 2 saturated carbocycles. The average molecular weight is 241 g/mol. The highest BCUT2D eigenvalue weighted by atomic mass is 16.5. The van der Waals surface area contributed by atoms with Crippen LogP contribution in [0, 0.1) is 5.41 Å². The van der Waals surface area contributed by atoms with Gasteiger partial charge in [0.25, 0.3) is 0 Å². The molecule has 0 radical (unpaired) electrons. The topological polar surface area (TPSA) is 44.5 Å². The first kappa shape index (κ1) is 13.3. The molecule has 2 aliphatic carbocycles. The summed E-state index contributed by atoms with van der Waals surface area (Å²) >= 11 is 0. The normalized spacial score (nSPS) is 30.7. The fraction of sp³-hybridized carbons (Fsp3) is 1.00. The van der Waals surface area contributed by atoms with Crippen LogP contribution >= 0.6 is 0 Å². The summed E-state index contributed by atoms with van der Waals surface area (Å²) in [6.07, 6.45) is 9.02. The Balaban J connectivity index is 1.60. The first-order chi connectivity index (χ1) is 8.29. The van der Waals surface area contributed by atoms with Crippen LogP contribution in [0.2, 0.25) is 0 Å². The maximum Gasteiger partial charge on any atom is 0.0704 e. The predicted molar refractivity (Wildman–Crippen MR) is 69.0 cm³/mol. The van der Waals surface area contributed by atoms with Gasteiger partial charge < -0.3 is 15.2 Å². The van der Waals surface area contributed by atoms with E-state index >= 15 is 0 Å². The van der Waals surface area contributed by atoms with Crippen molar-refractivity contribution in [2.45, 2.75) is 64.0 Å². The van der Waals surface area contributed by atoms with Gasteiger partial charge in [-0.15, -0.1) is 0 Å². The Hall–Kier alpha value is -0.120. The summed E-state index contributed by atoms with van der Waals surface area (Å²) < 4.78 is 11.5. The van der Waals surface area contributed by atoms with Gasteiger partial charge in [-0.05, 0) is 25.7 Å². The lowest BCUT2D eigenvalue weighted by Gasteiger charge is -2.52. The van der Waals surface area contributed by atoms with Crippen molar-refractivity contribution in [3.05, 3.63) is 0 Å². The zero-order chi connectivity index (χ0) is 12.1. The summed E-state index contributed by atoms with van der Waals surface area (Å²) in [5.74, 6) is 0. The molecule has 2 unspecified atom stereocenters. The smallest absolute Gasteiger partial charge is 0.0704 e. The second-order valence-electron chi connectivity index (χ2n) is 5.61. The van der Waals surface area contributed by atoms with E-state index in [2.05, 4.69) is 6.92 Å². The Morgan fingerprint density at radius 3 is 2.59 bits per heavy atom. The van der Waals surface area contributed by atoms with Gasteiger partial charge in [-0.1, -0.05) is 26.2 Å². The van der Waals surface area contributed by atoms with Crippen molar-refractivity contribution in [1.29, 1.82) is 0 Å². The fourth-order valence-corrected chi connectivity index (χ4v) is 3.34. The lowest BCUT2D eigenvalue weighted by molar-refractivity contribution is -0.132. The van der Waals surface area contributed by atoms with Crippen LogP contribution < -0.4 is 5.73 Å². The molecule has 100 valence electrons. The monoisotopic (exact) mass is 241 g/mol. The van der Waals surface area contributed by atoms with E-state index in [1.54, 1.807) is 0 Å². The Labute approximate surface area is 105 Å². The molecule has 2 atom stereocenters. The minimum Gasteiger partial charge on any atom is -0.379 e.